The molecule has 60 valence electrons. The second kappa shape index (κ2) is 2.43. The first-order chi connectivity index (χ1) is 5.19. The van der Waals surface area contributed by atoms with Gasteiger partial charge in [-0.15, -0.1) is 0 Å². The van der Waals surface area contributed by atoms with Crippen molar-refractivity contribution in [1.29, 1.82) is 0 Å². The molecular weight excluding hydrogens is 155 g/mol. The fourth-order valence-corrected chi connectivity index (χ4v) is 3.97. The highest BCUT2D eigenvalue weighted by Crippen LogP contribution is 2.52. The zero-order valence-corrected chi connectivity index (χ0v) is 7.86. The van der Waals surface area contributed by atoms with Crippen LogP contribution in [0.15, 0.2) is 0 Å². The van der Waals surface area contributed by atoms with E-state index in [9.17, 15) is 0 Å². The van der Waals surface area contributed by atoms with Crippen molar-refractivity contribution in [2.45, 2.75) is 37.1 Å². The number of thioether (sulfide) groups is 1. The van der Waals surface area contributed by atoms with E-state index in [2.05, 4.69) is 13.8 Å². The van der Waals surface area contributed by atoms with Crippen LogP contribution in [0.2, 0.25) is 0 Å². The second-order valence-corrected chi connectivity index (χ2v) is 4.73. The minimum absolute atomic E-state index is 0.0105. The van der Waals surface area contributed by atoms with Gasteiger partial charge in [-0.3, -0.25) is 0 Å². The summed E-state index contributed by atoms with van der Waals surface area (Å²) in [6.45, 7) is 4.46. The third-order valence-electron chi connectivity index (χ3n) is 3.14. The van der Waals surface area contributed by atoms with E-state index in [1.165, 1.54) is 0 Å². The van der Waals surface area contributed by atoms with E-state index in [0.717, 1.165) is 12.2 Å². The van der Waals surface area contributed by atoms with Gasteiger partial charge in [-0.1, -0.05) is 13.8 Å². The van der Waals surface area contributed by atoms with Gasteiger partial charge >= 0.3 is 0 Å². The van der Waals surface area contributed by atoms with E-state index in [4.69, 9.17) is 12.6 Å². The summed E-state index contributed by atoms with van der Waals surface area (Å²) in [5.41, 5.74) is 0.120. The summed E-state index contributed by atoms with van der Waals surface area (Å²) in [4.78, 5) is 0. The molecule has 0 aromatic rings. The standard InChI is InChI=1S/C8H13BOS/c1-3-8-4-11-6(5(8)2)7(9)10-8/h5-7H,3-4H2,1-2H3/t5?,6?,7?,8-/m0/s1. The van der Waals surface area contributed by atoms with Crippen molar-refractivity contribution in [1.82, 2.24) is 0 Å². The molecule has 11 heavy (non-hydrogen) atoms. The minimum atomic E-state index is -0.0105. The monoisotopic (exact) mass is 168 g/mol. The van der Waals surface area contributed by atoms with Gasteiger partial charge in [0.05, 0.1) is 5.60 Å². The van der Waals surface area contributed by atoms with Crippen LogP contribution in [0, 0.1) is 5.92 Å². The van der Waals surface area contributed by atoms with Crippen molar-refractivity contribution in [3.63, 3.8) is 0 Å². The molecule has 0 N–H and O–H groups in total. The van der Waals surface area contributed by atoms with Crippen molar-refractivity contribution < 1.29 is 4.74 Å². The Morgan fingerprint density at radius 1 is 1.73 bits per heavy atom. The molecule has 0 aliphatic carbocycles. The summed E-state index contributed by atoms with van der Waals surface area (Å²) >= 11 is 1.98. The summed E-state index contributed by atoms with van der Waals surface area (Å²) < 4.78 is 5.77. The molecule has 2 radical (unpaired) electrons. The molecule has 0 spiro atoms. The maximum atomic E-state index is 5.83. The lowest BCUT2D eigenvalue weighted by Crippen LogP contribution is -2.35. The largest absolute Gasteiger partial charge is 0.379 e. The first-order valence-corrected chi connectivity index (χ1v) is 5.29. The van der Waals surface area contributed by atoms with E-state index in [0.29, 0.717) is 11.2 Å². The van der Waals surface area contributed by atoms with Crippen molar-refractivity contribution in [3.8, 4) is 0 Å². The minimum Gasteiger partial charge on any atom is -0.379 e. The smallest absolute Gasteiger partial charge is 0.110 e. The van der Waals surface area contributed by atoms with Crippen molar-refractivity contribution in [2.24, 2.45) is 5.92 Å². The van der Waals surface area contributed by atoms with E-state index in [1.807, 2.05) is 11.8 Å². The van der Waals surface area contributed by atoms with E-state index >= 15 is 0 Å². The van der Waals surface area contributed by atoms with Crippen molar-refractivity contribution in [3.05, 3.63) is 0 Å². The van der Waals surface area contributed by atoms with Crippen molar-refractivity contribution >= 4 is 19.6 Å². The van der Waals surface area contributed by atoms with Gasteiger partial charge in [0.2, 0.25) is 0 Å². The van der Waals surface area contributed by atoms with Crippen LogP contribution in [-0.4, -0.2) is 30.5 Å². The predicted molar refractivity (Wildman–Crippen MR) is 49.1 cm³/mol. The van der Waals surface area contributed by atoms with Gasteiger partial charge in [-0.05, 0) is 12.3 Å². The molecule has 2 bridgehead atoms. The van der Waals surface area contributed by atoms with Crippen LogP contribution in [-0.2, 0) is 4.74 Å². The quantitative estimate of drug-likeness (QED) is 0.547. The lowest BCUT2D eigenvalue weighted by atomic mass is 9.85. The summed E-state index contributed by atoms with van der Waals surface area (Å²) in [6, 6.07) is -0.0105. The molecule has 3 unspecified atom stereocenters. The number of fused-ring (bicyclic) bond motifs is 2. The second-order valence-electron chi connectivity index (χ2n) is 3.57. The zero-order valence-electron chi connectivity index (χ0n) is 7.04. The number of hydrogen-bond acceptors (Lipinski definition) is 2. The van der Waals surface area contributed by atoms with E-state index in [-0.39, 0.29) is 11.6 Å². The highest BCUT2D eigenvalue weighted by atomic mass is 32.2. The highest BCUT2D eigenvalue weighted by molar-refractivity contribution is 8.00. The number of rotatable bonds is 1. The Hall–Kier alpha value is 0.375. The van der Waals surface area contributed by atoms with Gasteiger partial charge in [0.1, 0.15) is 7.85 Å². The molecule has 1 nitrogen and oxygen atoms in total. The maximum absolute atomic E-state index is 5.83. The van der Waals surface area contributed by atoms with Gasteiger partial charge in [0.25, 0.3) is 0 Å². The fourth-order valence-electron chi connectivity index (χ4n) is 2.18. The Morgan fingerprint density at radius 2 is 2.45 bits per heavy atom. The first kappa shape index (κ1) is 8.00. The van der Waals surface area contributed by atoms with Crippen LogP contribution in [0.25, 0.3) is 0 Å². The van der Waals surface area contributed by atoms with Crippen molar-refractivity contribution in [2.75, 3.05) is 5.75 Å². The predicted octanol–water partition coefficient (Wildman–Crippen LogP) is 1.41. The average molecular weight is 168 g/mol. The normalized spacial score (nSPS) is 55.3. The van der Waals surface area contributed by atoms with Crippen LogP contribution in [0.5, 0.6) is 0 Å². The molecule has 2 rings (SSSR count). The lowest BCUT2D eigenvalue weighted by molar-refractivity contribution is -0.0154. The molecular formula is C8H13BOS. The van der Waals surface area contributed by atoms with Gasteiger partial charge < -0.3 is 4.74 Å². The van der Waals surface area contributed by atoms with E-state index < -0.39 is 0 Å². The van der Waals surface area contributed by atoms with Gasteiger partial charge in [0, 0.05) is 17.0 Å². The topological polar surface area (TPSA) is 9.23 Å². The fraction of sp³-hybridized carbons (Fsp3) is 1.00. The Bertz CT molecular complexity index is 175. The summed E-state index contributed by atoms with van der Waals surface area (Å²) in [5, 5.41) is 0.551. The van der Waals surface area contributed by atoms with Crippen LogP contribution in [0.4, 0.5) is 0 Å². The molecule has 2 saturated heterocycles. The first-order valence-electron chi connectivity index (χ1n) is 4.24. The SMILES string of the molecule is [B]C1O[C@@]2(CC)CSC1C2C. The highest BCUT2D eigenvalue weighted by Gasteiger charge is 2.55. The molecule has 4 atom stereocenters. The maximum Gasteiger partial charge on any atom is 0.110 e. The Balaban J connectivity index is 2.24. The number of ether oxygens (including phenoxy) is 1. The van der Waals surface area contributed by atoms with E-state index in [1.54, 1.807) is 0 Å². The van der Waals surface area contributed by atoms with Gasteiger partial charge in [0.15, 0.2) is 0 Å². The van der Waals surface area contributed by atoms with Crippen LogP contribution in [0.1, 0.15) is 20.3 Å². The molecule has 2 aliphatic rings. The summed E-state index contributed by atoms with van der Waals surface area (Å²) in [7, 11) is 5.83. The molecule has 0 saturated carbocycles. The van der Waals surface area contributed by atoms with Crippen LogP contribution in [0.3, 0.4) is 0 Å². The average Bonchev–Trinajstić information content (AvgIpc) is 2.42. The summed E-state index contributed by atoms with van der Waals surface area (Å²) in [6.07, 6.45) is 1.10. The van der Waals surface area contributed by atoms with Crippen LogP contribution >= 0.6 is 11.8 Å². The molecule has 0 aromatic heterocycles. The van der Waals surface area contributed by atoms with Gasteiger partial charge in [-0.2, -0.15) is 11.8 Å². The van der Waals surface area contributed by atoms with Gasteiger partial charge in [-0.25, -0.2) is 0 Å². The third kappa shape index (κ3) is 0.904. The molecule has 3 heteroatoms. The summed E-state index contributed by atoms with van der Waals surface area (Å²) in [5.74, 6) is 1.79. The molecule has 2 heterocycles. The Morgan fingerprint density at radius 3 is 2.73 bits per heavy atom. The Kier molecular flexibility index (Phi) is 1.77. The molecule has 0 amide bonds. The third-order valence-corrected chi connectivity index (χ3v) is 4.85. The molecule has 0 aromatic carbocycles. The number of hydrogen-bond donors (Lipinski definition) is 0. The zero-order chi connectivity index (χ0) is 8.06. The Labute approximate surface area is 73.7 Å². The lowest BCUT2D eigenvalue weighted by Gasteiger charge is -2.29. The van der Waals surface area contributed by atoms with Crippen LogP contribution < -0.4 is 0 Å². The molecule has 2 fully saturated rings. The molecule has 2 aliphatic heterocycles.